The van der Waals surface area contributed by atoms with Gasteiger partial charge in [0.25, 0.3) is 0 Å². The van der Waals surface area contributed by atoms with Crippen molar-refractivity contribution in [1.82, 2.24) is 9.80 Å². The first-order valence-electron chi connectivity index (χ1n) is 5.54. The van der Waals surface area contributed by atoms with Crippen LogP contribution in [0.15, 0.2) is 0 Å². The van der Waals surface area contributed by atoms with Gasteiger partial charge in [0, 0.05) is 26.2 Å². The van der Waals surface area contributed by atoms with Crippen LogP contribution in [0, 0.1) is 5.41 Å². The van der Waals surface area contributed by atoms with Crippen LogP contribution in [0.3, 0.4) is 0 Å². The molecule has 1 saturated heterocycles. The summed E-state index contributed by atoms with van der Waals surface area (Å²) >= 11 is 0. The van der Waals surface area contributed by atoms with Gasteiger partial charge >= 0.3 is 0 Å². The predicted molar refractivity (Wildman–Crippen MR) is 61.5 cm³/mol. The van der Waals surface area contributed by atoms with E-state index in [1.54, 1.807) is 0 Å². The molecule has 0 bridgehead atoms. The second-order valence-corrected chi connectivity index (χ2v) is 5.39. The third kappa shape index (κ3) is 3.18. The third-order valence-electron chi connectivity index (χ3n) is 3.14. The molecule has 88 valence electrons. The molecule has 4 heteroatoms. The molecule has 0 radical (unpaired) electrons. The summed E-state index contributed by atoms with van der Waals surface area (Å²) in [4.78, 5) is 15.7. The zero-order valence-corrected chi connectivity index (χ0v) is 10.3. The van der Waals surface area contributed by atoms with Gasteiger partial charge in [0.2, 0.25) is 5.91 Å². The Morgan fingerprint density at radius 3 is 2.60 bits per heavy atom. The molecule has 2 N–H and O–H groups in total. The van der Waals surface area contributed by atoms with Crippen molar-refractivity contribution >= 4 is 5.91 Å². The average Bonchev–Trinajstić information content (AvgIpc) is 2.13. The van der Waals surface area contributed by atoms with E-state index < -0.39 is 0 Å². The van der Waals surface area contributed by atoms with E-state index in [2.05, 4.69) is 25.7 Å². The van der Waals surface area contributed by atoms with Gasteiger partial charge in [0.15, 0.2) is 0 Å². The van der Waals surface area contributed by atoms with Crippen molar-refractivity contribution in [3.63, 3.8) is 0 Å². The summed E-state index contributed by atoms with van der Waals surface area (Å²) in [5, 5.41) is 0. The number of rotatable bonds is 3. The maximum absolute atomic E-state index is 11.6. The molecule has 1 fully saturated rings. The highest BCUT2D eigenvalue weighted by Gasteiger charge is 2.30. The minimum absolute atomic E-state index is 0.0932. The summed E-state index contributed by atoms with van der Waals surface area (Å²) in [7, 11) is 1.87. The molecular formula is C11H23N3O. The van der Waals surface area contributed by atoms with Gasteiger partial charge in [0.1, 0.15) is 0 Å². The van der Waals surface area contributed by atoms with Crippen molar-refractivity contribution in [2.45, 2.75) is 26.8 Å². The number of hydrogen-bond donors (Lipinski definition) is 1. The summed E-state index contributed by atoms with van der Waals surface area (Å²) in [6.07, 6.45) is 0. The van der Waals surface area contributed by atoms with Crippen molar-refractivity contribution in [1.29, 1.82) is 0 Å². The van der Waals surface area contributed by atoms with E-state index in [0.717, 1.165) is 13.1 Å². The topological polar surface area (TPSA) is 49.6 Å². The van der Waals surface area contributed by atoms with Gasteiger partial charge < -0.3 is 10.6 Å². The average molecular weight is 213 g/mol. The molecule has 0 aromatic rings. The maximum atomic E-state index is 11.6. The van der Waals surface area contributed by atoms with E-state index in [-0.39, 0.29) is 11.3 Å². The molecule has 4 nitrogen and oxygen atoms in total. The number of carbonyl (C=O) groups is 1. The highest BCUT2D eigenvalue weighted by Crippen LogP contribution is 2.17. The predicted octanol–water partition coefficient (Wildman–Crippen LogP) is 0.134. The number of likely N-dealkylation sites (N-methyl/N-ethyl adjacent to an activating group) is 1. The summed E-state index contributed by atoms with van der Waals surface area (Å²) in [6, 6.07) is 0.305. The Hall–Kier alpha value is -0.610. The first kappa shape index (κ1) is 12.5. The minimum atomic E-state index is 0.0932. The molecule has 0 saturated carbocycles. The highest BCUT2D eigenvalue weighted by atomic mass is 16.2. The fraction of sp³-hybridized carbons (Fsp3) is 0.909. The zero-order chi connectivity index (χ0) is 11.6. The fourth-order valence-corrected chi connectivity index (χ4v) is 1.90. The molecule has 1 aliphatic rings. The Bertz CT molecular complexity index is 240. The monoisotopic (exact) mass is 213 g/mol. The van der Waals surface area contributed by atoms with Crippen molar-refractivity contribution in [2.24, 2.45) is 11.1 Å². The van der Waals surface area contributed by atoms with Crippen LogP contribution in [-0.2, 0) is 4.79 Å². The molecule has 0 spiro atoms. The van der Waals surface area contributed by atoms with Gasteiger partial charge in [-0.05, 0) is 18.9 Å². The Balaban J connectivity index is 2.55. The van der Waals surface area contributed by atoms with Gasteiger partial charge in [-0.25, -0.2) is 0 Å². The molecule has 0 aliphatic carbocycles. The minimum Gasteiger partial charge on any atom is -0.341 e. The van der Waals surface area contributed by atoms with E-state index in [4.69, 9.17) is 5.73 Å². The maximum Gasteiger partial charge on any atom is 0.236 e. The Labute approximate surface area is 92.4 Å². The van der Waals surface area contributed by atoms with E-state index in [1.807, 2.05) is 11.9 Å². The molecule has 1 aliphatic heterocycles. The Kier molecular flexibility index (Phi) is 3.73. The lowest BCUT2D eigenvalue weighted by molar-refractivity contribution is -0.137. The molecule has 15 heavy (non-hydrogen) atoms. The first-order valence-corrected chi connectivity index (χ1v) is 5.54. The lowest BCUT2D eigenvalue weighted by Crippen LogP contribution is -2.55. The third-order valence-corrected chi connectivity index (χ3v) is 3.14. The summed E-state index contributed by atoms with van der Waals surface area (Å²) in [5.74, 6) is 0.210. The first-order chi connectivity index (χ1) is 6.85. The van der Waals surface area contributed by atoms with Crippen molar-refractivity contribution in [3.05, 3.63) is 0 Å². The lowest BCUT2D eigenvalue weighted by atomic mass is 9.92. The van der Waals surface area contributed by atoms with E-state index in [0.29, 0.717) is 19.1 Å². The number of carbonyl (C=O) groups excluding carboxylic acids is 1. The Morgan fingerprint density at radius 1 is 1.53 bits per heavy atom. The lowest BCUT2D eigenvalue weighted by Gasteiger charge is -2.40. The number of nitrogens with zero attached hydrogens (tertiary/aromatic N) is 2. The summed E-state index contributed by atoms with van der Waals surface area (Å²) < 4.78 is 0. The Morgan fingerprint density at radius 2 is 2.13 bits per heavy atom. The zero-order valence-electron chi connectivity index (χ0n) is 10.3. The van der Waals surface area contributed by atoms with Crippen LogP contribution in [0.1, 0.15) is 20.8 Å². The van der Waals surface area contributed by atoms with Crippen molar-refractivity contribution in [3.8, 4) is 0 Å². The summed E-state index contributed by atoms with van der Waals surface area (Å²) in [6.45, 7) is 9.39. The smallest absolute Gasteiger partial charge is 0.236 e. The van der Waals surface area contributed by atoms with Gasteiger partial charge in [-0.15, -0.1) is 0 Å². The highest BCUT2D eigenvalue weighted by molar-refractivity contribution is 5.79. The molecule has 1 rings (SSSR count). The van der Waals surface area contributed by atoms with Crippen molar-refractivity contribution in [2.75, 3.05) is 33.2 Å². The van der Waals surface area contributed by atoms with Gasteiger partial charge in [-0.3, -0.25) is 9.69 Å². The molecule has 1 heterocycles. The van der Waals surface area contributed by atoms with Crippen LogP contribution in [0.5, 0.6) is 0 Å². The van der Waals surface area contributed by atoms with E-state index in [9.17, 15) is 4.79 Å². The van der Waals surface area contributed by atoms with Crippen LogP contribution in [0.25, 0.3) is 0 Å². The quantitative estimate of drug-likeness (QED) is 0.725. The normalized spacial score (nSPS) is 24.7. The molecular weight excluding hydrogens is 190 g/mol. The van der Waals surface area contributed by atoms with Crippen LogP contribution in [0.2, 0.25) is 0 Å². The van der Waals surface area contributed by atoms with E-state index >= 15 is 0 Å². The van der Waals surface area contributed by atoms with Crippen molar-refractivity contribution < 1.29 is 4.79 Å². The SMILES string of the molecule is CC1CN(CC(C)(C)CN)CC(=O)N1C. The second kappa shape index (κ2) is 4.49. The number of amides is 1. The van der Waals surface area contributed by atoms with Crippen LogP contribution < -0.4 is 5.73 Å². The standard InChI is InChI=1S/C11H23N3O/c1-9-5-14(6-10(15)13(9)4)8-11(2,3)7-12/h9H,5-8,12H2,1-4H3. The van der Waals surface area contributed by atoms with Gasteiger partial charge in [-0.2, -0.15) is 0 Å². The molecule has 1 amide bonds. The molecule has 1 atom stereocenters. The van der Waals surface area contributed by atoms with Gasteiger partial charge in [0.05, 0.1) is 6.54 Å². The molecule has 1 unspecified atom stereocenters. The number of piperazine rings is 1. The van der Waals surface area contributed by atoms with Crippen LogP contribution >= 0.6 is 0 Å². The number of hydrogen-bond acceptors (Lipinski definition) is 3. The van der Waals surface area contributed by atoms with E-state index in [1.165, 1.54) is 0 Å². The number of nitrogens with two attached hydrogens (primary N) is 1. The fourth-order valence-electron chi connectivity index (χ4n) is 1.90. The molecule has 0 aromatic heterocycles. The van der Waals surface area contributed by atoms with Crippen LogP contribution in [0.4, 0.5) is 0 Å². The summed E-state index contributed by atoms with van der Waals surface area (Å²) in [5.41, 5.74) is 5.79. The van der Waals surface area contributed by atoms with Crippen LogP contribution in [-0.4, -0.2) is 55.0 Å². The van der Waals surface area contributed by atoms with Gasteiger partial charge in [-0.1, -0.05) is 13.8 Å². The molecule has 0 aromatic carbocycles. The largest absolute Gasteiger partial charge is 0.341 e. The second-order valence-electron chi connectivity index (χ2n) is 5.39.